The molecule has 2 atom stereocenters. The topological polar surface area (TPSA) is 87.7 Å². The summed E-state index contributed by atoms with van der Waals surface area (Å²) >= 11 is 0. The van der Waals surface area contributed by atoms with Crippen LogP contribution < -0.4 is 15.4 Å². The summed E-state index contributed by atoms with van der Waals surface area (Å²) in [5, 5.41) is 14.8. The number of rotatable bonds is 6. The number of ether oxygens (including phenoxy) is 1. The van der Waals surface area contributed by atoms with E-state index in [-0.39, 0.29) is 31.2 Å². The average molecular weight is 296 g/mol. The minimum absolute atomic E-state index is 0.0672. The SMILES string of the molecule is O=C1CCC(NCC(O)COc2ccccc2F)C(=O)N1. The maximum absolute atomic E-state index is 13.3. The molecule has 2 amide bonds. The van der Waals surface area contributed by atoms with Gasteiger partial charge in [-0.1, -0.05) is 12.1 Å². The normalized spacial score (nSPS) is 20.0. The molecule has 0 aromatic heterocycles. The number of hydrogen-bond acceptors (Lipinski definition) is 5. The minimum Gasteiger partial charge on any atom is -0.488 e. The second kappa shape index (κ2) is 7.14. The molecule has 2 unspecified atom stereocenters. The van der Waals surface area contributed by atoms with E-state index in [1.807, 2.05) is 0 Å². The Morgan fingerprint density at radius 1 is 1.43 bits per heavy atom. The maximum atomic E-state index is 13.3. The van der Waals surface area contributed by atoms with Crippen molar-refractivity contribution in [3.8, 4) is 5.75 Å². The third kappa shape index (κ3) is 4.51. The van der Waals surface area contributed by atoms with E-state index in [0.717, 1.165) is 0 Å². The van der Waals surface area contributed by atoms with E-state index in [2.05, 4.69) is 10.6 Å². The van der Waals surface area contributed by atoms with E-state index in [0.29, 0.717) is 6.42 Å². The molecule has 7 heteroatoms. The standard InChI is InChI=1S/C14H17FN2O4/c15-10-3-1-2-4-12(10)21-8-9(18)7-16-11-5-6-13(19)17-14(11)20/h1-4,9,11,16,18H,5-8H2,(H,17,19,20). The predicted octanol–water partition coefficient (Wildman–Crippen LogP) is -0.0398. The number of aliphatic hydroxyl groups is 1. The van der Waals surface area contributed by atoms with Crippen LogP contribution in [0.5, 0.6) is 5.75 Å². The van der Waals surface area contributed by atoms with Gasteiger partial charge in [0.05, 0.1) is 6.04 Å². The fourth-order valence-corrected chi connectivity index (χ4v) is 1.97. The number of carbonyl (C=O) groups is 2. The van der Waals surface area contributed by atoms with Gasteiger partial charge in [0.15, 0.2) is 11.6 Å². The van der Waals surface area contributed by atoms with Crippen molar-refractivity contribution in [3.05, 3.63) is 30.1 Å². The van der Waals surface area contributed by atoms with Crippen molar-refractivity contribution in [2.24, 2.45) is 0 Å². The van der Waals surface area contributed by atoms with Crippen molar-refractivity contribution in [2.45, 2.75) is 25.0 Å². The van der Waals surface area contributed by atoms with Crippen LogP contribution in [0.1, 0.15) is 12.8 Å². The van der Waals surface area contributed by atoms with Gasteiger partial charge in [-0.15, -0.1) is 0 Å². The van der Waals surface area contributed by atoms with Crippen LogP contribution >= 0.6 is 0 Å². The van der Waals surface area contributed by atoms with E-state index >= 15 is 0 Å². The molecule has 1 saturated heterocycles. The molecule has 6 nitrogen and oxygen atoms in total. The number of carbonyl (C=O) groups excluding carboxylic acids is 2. The first-order chi connectivity index (χ1) is 10.1. The summed E-state index contributed by atoms with van der Waals surface area (Å²) in [7, 11) is 0. The number of amides is 2. The molecular formula is C14H17FN2O4. The van der Waals surface area contributed by atoms with Crippen LogP contribution in [0.2, 0.25) is 0 Å². The zero-order chi connectivity index (χ0) is 15.2. The summed E-state index contributed by atoms with van der Waals surface area (Å²) in [4.78, 5) is 22.5. The van der Waals surface area contributed by atoms with Gasteiger partial charge < -0.3 is 15.2 Å². The van der Waals surface area contributed by atoms with Gasteiger partial charge in [-0.3, -0.25) is 14.9 Å². The van der Waals surface area contributed by atoms with Crippen LogP contribution in [0.3, 0.4) is 0 Å². The highest BCUT2D eigenvalue weighted by molar-refractivity contribution is 6.00. The van der Waals surface area contributed by atoms with Crippen LogP contribution in [-0.4, -0.2) is 42.2 Å². The number of benzene rings is 1. The quantitative estimate of drug-likeness (QED) is 0.641. The molecule has 1 aromatic rings. The van der Waals surface area contributed by atoms with E-state index in [1.165, 1.54) is 12.1 Å². The zero-order valence-corrected chi connectivity index (χ0v) is 11.3. The lowest BCUT2D eigenvalue weighted by molar-refractivity contribution is -0.134. The Hall–Kier alpha value is -1.99. The van der Waals surface area contributed by atoms with Crippen molar-refractivity contribution < 1.29 is 23.8 Å². The number of imide groups is 1. The number of nitrogens with one attached hydrogen (secondary N) is 2. The van der Waals surface area contributed by atoms with Crippen LogP contribution in [0, 0.1) is 5.82 Å². The molecule has 0 radical (unpaired) electrons. The van der Waals surface area contributed by atoms with Crippen LogP contribution in [0.15, 0.2) is 24.3 Å². The molecule has 1 heterocycles. The van der Waals surface area contributed by atoms with Crippen molar-refractivity contribution in [2.75, 3.05) is 13.2 Å². The maximum Gasteiger partial charge on any atom is 0.243 e. The lowest BCUT2D eigenvalue weighted by Crippen LogP contribution is -2.52. The smallest absolute Gasteiger partial charge is 0.243 e. The Balaban J connectivity index is 1.72. The van der Waals surface area contributed by atoms with Crippen LogP contribution in [0.25, 0.3) is 0 Å². The van der Waals surface area contributed by atoms with E-state index in [4.69, 9.17) is 4.74 Å². The number of halogens is 1. The van der Waals surface area contributed by atoms with Gasteiger partial charge in [0.2, 0.25) is 11.8 Å². The Kier molecular flexibility index (Phi) is 5.24. The number of hydrogen-bond donors (Lipinski definition) is 3. The highest BCUT2D eigenvalue weighted by Gasteiger charge is 2.26. The summed E-state index contributed by atoms with van der Waals surface area (Å²) in [6, 6.07) is 5.40. The molecule has 0 spiro atoms. The van der Waals surface area contributed by atoms with Gasteiger partial charge in [0.25, 0.3) is 0 Å². The van der Waals surface area contributed by atoms with Crippen molar-refractivity contribution >= 4 is 11.8 Å². The van der Waals surface area contributed by atoms with Crippen LogP contribution in [-0.2, 0) is 9.59 Å². The molecule has 1 aliphatic heterocycles. The third-order valence-corrected chi connectivity index (χ3v) is 3.11. The van der Waals surface area contributed by atoms with Gasteiger partial charge in [-0.2, -0.15) is 0 Å². The number of piperidine rings is 1. The molecule has 1 aromatic carbocycles. The summed E-state index contributed by atoms with van der Waals surface area (Å²) in [5.41, 5.74) is 0. The summed E-state index contributed by atoms with van der Waals surface area (Å²) in [5.74, 6) is -1.12. The second-order valence-corrected chi connectivity index (χ2v) is 4.81. The van der Waals surface area contributed by atoms with E-state index in [9.17, 15) is 19.1 Å². The number of para-hydroxylation sites is 1. The molecule has 3 N–H and O–H groups in total. The molecular weight excluding hydrogens is 279 g/mol. The average Bonchev–Trinajstić information content (AvgIpc) is 2.45. The largest absolute Gasteiger partial charge is 0.488 e. The zero-order valence-electron chi connectivity index (χ0n) is 11.3. The fourth-order valence-electron chi connectivity index (χ4n) is 1.97. The molecule has 1 fully saturated rings. The first-order valence-corrected chi connectivity index (χ1v) is 6.68. The highest BCUT2D eigenvalue weighted by Crippen LogP contribution is 2.15. The van der Waals surface area contributed by atoms with Gasteiger partial charge in [-0.25, -0.2) is 4.39 Å². The van der Waals surface area contributed by atoms with Gasteiger partial charge >= 0.3 is 0 Å². The molecule has 0 aliphatic carbocycles. The van der Waals surface area contributed by atoms with Crippen molar-refractivity contribution in [1.29, 1.82) is 0 Å². The van der Waals surface area contributed by atoms with Gasteiger partial charge in [-0.05, 0) is 18.6 Å². The highest BCUT2D eigenvalue weighted by atomic mass is 19.1. The van der Waals surface area contributed by atoms with Gasteiger partial charge in [0, 0.05) is 13.0 Å². The molecule has 21 heavy (non-hydrogen) atoms. The summed E-state index contributed by atoms with van der Waals surface area (Å²) < 4.78 is 18.5. The monoisotopic (exact) mass is 296 g/mol. The molecule has 1 aliphatic rings. The first kappa shape index (κ1) is 15.4. The van der Waals surface area contributed by atoms with E-state index < -0.39 is 23.9 Å². The lowest BCUT2D eigenvalue weighted by Gasteiger charge is -2.23. The van der Waals surface area contributed by atoms with E-state index in [1.54, 1.807) is 12.1 Å². The Morgan fingerprint density at radius 2 is 2.19 bits per heavy atom. The third-order valence-electron chi connectivity index (χ3n) is 3.11. The molecule has 114 valence electrons. The molecule has 2 rings (SSSR count). The van der Waals surface area contributed by atoms with Crippen molar-refractivity contribution in [3.63, 3.8) is 0 Å². The van der Waals surface area contributed by atoms with Crippen LogP contribution in [0.4, 0.5) is 4.39 Å². The number of aliphatic hydroxyl groups excluding tert-OH is 1. The minimum atomic E-state index is -0.893. The predicted molar refractivity (Wildman–Crippen MR) is 72.1 cm³/mol. The summed E-state index contributed by atoms with van der Waals surface area (Å²) in [6.07, 6.45) is -0.230. The lowest BCUT2D eigenvalue weighted by atomic mass is 10.1. The van der Waals surface area contributed by atoms with Crippen molar-refractivity contribution in [1.82, 2.24) is 10.6 Å². The fraction of sp³-hybridized carbons (Fsp3) is 0.429. The first-order valence-electron chi connectivity index (χ1n) is 6.68. The van der Waals surface area contributed by atoms with Gasteiger partial charge in [0.1, 0.15) is 12.7 Å². The Morgan fingerprint density at radius 3 is 2.90 bits per heavy atom. The molecule has 0 bridgehead atoms. The molecule has 0 saturated carbocycles. The second-order valence-electron chi connectivity index (χ2n) is 4.81. The Labute approximate surface area is 121 Å². The summed E-state index contributed by atoms with van der Waals surface area (Å²) in [6.45, 7) is 0.0158. The Bertz CT molecular complexity index is 523.